The topological polar surface area (TPSA) is 45.0 Å². The largest absolute Gasteiger partial charge is 0.494 e. The Morgan fingerprint density at radius 2 is 2.11 bits per heavy atom. The molecule has 0 heterocycles. The summed E-state index contributed by atoms with van der Waals surface area (Å²) in [6.07, 6.45) is 3.33. The Hall–Kier alpha value is -1.53. The molecular formula is C15H20N2O. The number of nitrogens with one attached hydrogen (secondary N) is 1. The molecule has 1 aliphatic carbocycles. The Morgan fingerprint density at radius 1 is 1.33 bits per heavy atom. The molecule has 0 aromatic heterocycles. The normalized spacial score (nSPS) is 22.7. The Morgan fingerprint density at radius 3 is 2.78 bits per heavy atom. The minimum absolute atomic E-state index is 0.188. The van der Waals surface area contributed by atoms with Crippen molar-refractivity contribution in [2.45, 2.75) is 38.8 Å². The summed E-state index contributed by atoms with van der Waals surface area (Å²) in [5.74, 6) is 1.10. The van der Waals surface area contributed by atoms with Gasteiger partial charge in [0.15, 0.2) is 0 Å². The van der Waals surface area contributed by atoms with E-state index in [-0.39, 0.29) is 5.92 Å². The predicted molar refractivity (Wildman–Crippen MR) is 71.2 cm³/mol. The van der Waals surface area contributed by atoms with Crippen LogP contribution in [0.1, 0.15) is 31.7 Å². The summed E-state index contributed by atoms with van der Waals surface area (Å²) in [6.45, 7) is 3.51. The van der Waals surface area contributed by atoms with E-state index in [2.05, 4.69) is 23.5 Å². The molecule has 96 valence electrons. The minimum Gasteiger partial charge on any atom is -0.494 e. The summed E-state index contributed by atoms with van der Waals surface area (Å²) in [5, 5.41) is 12.5. The third-order valence-corrected chi connectivity index (χ3v) is 3.48. The van der Waals surface area contributed by atoms with Crippen molar-refractivity contribution in [2.75, 3.05) is 6.61 Å². The van der Waals surface area contributed by atoms with Gasteiger partial charge in [0.05, 0.1) is 18.6 Å². The van der Waals surface area contributed by atoms with E-state index in [4.69, 9.17) is 10.00 Å². The molecule has 0 amide bonds. The molecule has 2 unspecified atom stereocenters. The molecule has 0 bridgehead atoms. The lowest BCUT2D eigenvalue weighted by Gasteiger charge is -2.15. The lowest BCUT2D eigenvalue weighted by molar-refractivity contribution is 0.340. The Bertz CT molecular complexity index is 407. The first kappa shape index (κ1) is 12.9. The highest BCUT2D eigenvalue weighted by atomic mass is 16.5. The molecule has 1 aromatic carbocycles. The molecule has 3 heteroatoms. The molecule has 0 aliphatic heterocycles. The van der Waals surface area contributed by atoms with Crippen molar-refractivity contribution < 1.29 is 4.74 Å². The molecule has 18 heavy (non-hydrogen) atoms. The fraction of sp³-hybridized carbons (Fsp3) is 0.533. The van der Waals surface area contributed by atoms with Crippen molar-refractivity contribution in [3.63, 3.8) is 0 Å². The van der Waals surface area contributed by atoms with Crippen LogP contribution in [0.15, 0.2) is 24.3 Å². The maximum Gasteiger partial charge on any atom is 0.119 e. The van der Waals surface area contributed by atoms with E-state index in [9.17, 15) is 0 Å². The van der Waals surface area contributed by atoms with Crippen molar-refractivity contribution in [2.24, 2.45) is 5.92 Å². The van der Waals surface area contributed by atoms with Crippen molar-refractivity contribution in [3.8, 4) is 11.8 Å². The summed E-state index contributed by atoms with van der Waals surface area (Å²) < 4.78 is 5.41. The van der Waals surface area contributed by atoms with Crippen LogP contribution in [0.4, 0.5) is 0 Å². The molecule has 1 saturated carbocycles. The van der Waals surface area contributed by atoms with Crippen LogP contribution in [0.3, 0.4) is 0 Å². The van der Waals surface area contributed by atoms with E-state index in [1.54, 1.807) is 0 Å². The van der Waals surface area contributed by atoms with Gasteiger partial charge in [-0.2, -0.15) is 5.26 Å². The molecule has 0 spiro atoms. The number of ether oxygens (including phenoxy) is 1. The van der Waals surface area contributed by atoms with Crippen molar-refractivity contribution in [1.82, 2.24) is 5.32 Å². The first-order valence-corrected chi connectivity index (χ1v) is 6.68. The lowest BCUT2D eigenvalue weighted by atomic mass is 10.1. The first-order chi connectivity index (χ1) is 8.83. The second kappa shape index (κ2) is 6.42. The van der Waals surface area contributed by atoms with E-state index in [1.165, 1.54) is 12.0 Å². The zero-order valence-corrected chi connectivity index (χ0v) is 10.9. The van der Waals surface area contributed by atoms with Crippen molar-refractivity contribution in [3.05, 3.63) is 29.8 Å². The van der Waals surface area contributed by atoms with Crippen LogP contribution < -0.4 is 10.1 Å². The maximum absolute atomic E-state index is 9.02. The number of nitriles is 1. The van der Waals surface area contributed by atoms with Gasteiger partial charge in [0.25, 0.3) is 0 Å². The monoisotopic (exact) mass is 244 g/mol. The van der Waals surface area contributed by atoms with E-state index < -0.39 is 0 Å². The molecule has 0 saturated heterocycles. The highest BCUT2D eigenvalue weighted by Crippen LogP contribution is 2.25. The van der Waals surface area contributed by atoms with Crippen LogP contribution >= 0.6 is 0 Å². The van der Waals surface area contributed by atoms with Crippen LogP contribution in [-0.2, 0) is 6.54 Å². The molecule has 3 nitrogen and oxygen atoms in total. The molecule has 1 N–H and O–H groups in total. The fourth-order valence-corrected chi connectivity index (χ4v) is 2.48. The van der Waals surface area contributed by atoms with Crippen LogP contribution in [0, 0.1) is 17.2 Å². The second-order valence-electron chi connectivity index (χ2n) is 4.73. The maximum atomic E-state index is 9.02. The zero-order valence-electron chi connectivity index (χ0n) is 10.9. The fourth-order valence-electron chi connectivity index (χ4n) is 2.48. The average Bonchev–Trinajstić information content (AvgIpc) is 2.86. The van der Waals surface area contributed by atoms with Crippen LogP contribution in [-0.4, -0.2) is 12.6 Å². The van der Waals surface area contributed by atoms with Gasteiger partial charge in [-0.25, -0.2) is 0 Å². The Balaban J connectivity index is 1.84. The Kier molecular flexibility index (Phi) is 4.60. The minimum atomic E-state index is 0.188. The number of benzene rings is 1. The molecular weight excluding hydrogens is 224 g/mol. The van der Waals surface area contributed by atoms with Crippen molar-refractivity contribution in [1.29, 1.82) is 5.26 Å². The molecule has 1 aromatic rings. The third kappa shape index (κ3) is 3.24. The summed E-state index contributed by atoms with van der Waals surface area (Å²) >= 11 is 0. The van der Waals surface area contributed by atoms with Gasteiger partial charge in [-0.3, -0.25) is 0 Å². The quantitative estimate of drug-likeness (QED) is 0.866. The van der Waals surface area contributed by atoms with E-state index in [0.717, 1.165) is 25.1 Å². The number of hydrogen-bond donors (Lipinski definition) is 1. The van der Waals surface area contributed by atoms with Gasteiger partial charge in [-0.05, 0) is 37.5 Å². The van der Waals surface area contributed by atoms with Crippen molar-refractivity contribution >= 4 is 0 Å². The number of rotatable bonds is 5. The van der Waals surface area contributed by atoms with Gasteiger partial charge >= 0.3 is 0 Å². The van der Waals surface area contributed by atoms with Gasteiger partial charge in [0.1, 0.15) is 5.75 Å². The standard InChI is InChI=1S/C15H20N2O/c1-2-18-14-8-6-12(7-9-14)11-17-15-5-3-4-13(15)10-16/h6-9,13,15,17H,2-5,11H2,1H3. The summed E-state index contributed by atoms with van der Waals surface area (Å²) in [5.41, 5.74) is 1.24. The summed E-state index contributed by atoms with van der Waals surface area (Å²) in [6, 6.07) is 10.9. The summed E-state index contributed by atoms with van der Waals surface area (Å²) in [4.78, 5) is 0. The van der Waals surface area contributed by atoms with Gasteiger partial charge in [-0.15, -0.1) is 0 Å². The smallest absolute Gasteiger partial charge is 0.119 e. The van der Waals surface area contributed by atoms with E-state index in [1.807, 2.05) is 19.1 Å². The molecule has 1 aliphatic rings. The highest BCUT2D eigenvalue weighted by molar-refractivity contribution is 5.27. The molecule has 2 atom stereocenters. The second-order valence-corrected chi connectivity index (χ2v) is 4.73. The van der Waals surface area contributed by atoms with Crippen LogP contribution in [0.25, 0.3) is 0 Å². The Labute approximate surface area is 109 Å². The molecule has 1 fully saturated rings. The molecule has 0 radical (unpaired) electrons. The van der Waals surface area contributed by atoms with Gasteiger partial charge in [0, 0.05) is 12.6 Å². The van der Waals surface area contributed by atoms with E-state index in [0.29, 0.717) is 12.6 Å². The number of hydrogen-bond acceptors (Lipinski definition) is 3. The van der Waals surface area contributed by atoms with Crippen LogP contribution in [0.5, 0.6) is 5.75 Å². The zero-order chi connectivity index (χ0) is 12.8. The first-order valence-electron chi connectivity index (χ1n) is 6.68. The predicted octanol–water partition coefficient (Wildman–Crippen LogP) is 2.87. The van der Waals surface area contributed by atoms with Crippen LogP contribution in [0.2, 0.25) is 0 Å². The third-order valence-electron chi connectivity index (χ3n) is 3.48. The SMILES string of the molecule is CCOc1ccc(CNC2CCCC2C#N)cc1. The average molecular weight is 244 g/mol. The molecule has 2 rings (SSSR count). The highest BCUT2D eigenvalue weighted by Gasteiger charge is 2.26. The van der Waals surface area contributed by atoms with Gasteiger partial charge in [0.2, 0.25) is 0 Å². The number of nitrogens with zero attached hydrogens (tertiary/aromatic N) is 1. The van der Waals surface area contributed by atoms with Gasteiger partial charge in [-0.1, -0.05) is 18.6 Å². The summed E-state index contributed by atoms with van der Waals surface area (Å²) in [7, 11) is 0. The van der Waals surface area contributed by atoms with E-state index >= 15 is 0 Å². The van der Waals surface area contributed by atoms with Gasteiger partial charge < -0.3 is 10.1 Å². The lowest BCUT2D eigenvalue weighted by Crippen LogP contribution is -2.31.